The Morgan fingerprint density at radius 1 is 1.36 bits per heavy atom. The van der Waals surface area contributed by atoms with Crippen LogP contribution < -0.4 is 16.0 Å². The molecule has 1 aromatic carbocycles. The zero-order chi connectivity index (χ0) is 16.4. The second-order valence-corrected chi connectivity index (χ2v) is 5.50. The molecule has 22 heavy (non-hydrogen) atoms. The predicted octanol–water partition coefficient (Wildman–Crippen LogP) is 2.98. The fraction of sp³-hybridized carbons (Fsp3) is 0.533. The second-order valence-electron chi connectivity index (χ2n) is 4.68. The number of halogens is 2. The van der Waals surface area contributed by atoms with Crippen LogP contribution >= 0.6 is 23.2 Å². The normalized spacial score (nSPS) is 17.7. The summed E-state index contributed by atoms with van der Waals surface area (Å²) >= 11 is 11.8. The molecule has 2 amide bonds. The summed E-state index contributed by atoms with van der Waals surface area (Å²) in [4.78, 5) is 10.2. The molecule has 0 aliphatic carbocycles. The van der Waals surface area contributed by atoms with E-state index in [1.54, 1.807) is 7.05 Å². The highest BCUT2D eigenvalue weighted by molar-refractivity contribution is 6.42. The summed E-state index contributed by atoms with van der Waals surface area (Å²) in [7, 11) is 1.59. The van der Waals surface area contributed by atoms with Gasteiger partial charge in [0.05, 0.1) is 22.8 Å². The molecule has 0 saturated carbocycles. The third kappa shape index (κ3) is 6.83. The lowest BCUT2D eigenvalue weighted by atomic mass is 10.1. The van der Waals surface area contributed by atoms with Crippen molar-refractivity contribution in [1.82, 2.24) is 16.0 Å². The van der Waals surface area contributed by atoms with E-state index in [1.165, 1.54) is 0 Å². The van der Waals surface area contributed by atoms with Crippen molar-refractivity contribution in [2.45, 2.75) is 19.4 Å². The average molecular weight is 348 g/mol. The van der Waals surface area contributed by atoms with Crippen molar-refractivity contribution in [3.05, 3.63) is 33.8 Å². The Morgan fingerprint density at radius 2 is 2.14 bits per heavy atom. The molecule has 1 aliphatic rings. The van der Waals surface area contributed by atoms with Gasteiger partial charge in [0.2, 0.25) is 0 Å². The number of nitrogens with one attached hydrogen (secondary N) is 3. The number of ether oxygens (including phenoxy) is 1. The topological polar surface area (TPSA) is 62.4 Å². The third-order valence-electron chi connectivity index (χ3n) is 3.06. The monoisotopic (exact) mass is 347 g/mol. The third-order valence-corrected chi connectivity index (χ3v) is 3.80. The number of carbonyl (C=O) groups is 1. The van der Waals surface area contributed by atoms with Crippen LogP contribution in [0.25, 0.3) is 0 Å². The van der Waals surface area contributed by atoms with Gasteiger partial charge in [-0.05, 0) is 37.6 Å². The molecule has 5 nitrogen and oxygen atoms in total. The van der Waals surface area contributed by atoms with Gasteiger partial charge in [-0.25, -0.2) is 4.79 Å². The van der Waals surface area contributed by atoms with Gasteiger partial charge in [-0.3, -0.25) is 0 Å². The summed E-state index contributed by atoms with van der Waals surface area (Å²) in [5, 5.41) is 9.43. The Morgan fingerprint density at radius 3 is 2.73 bits per heavy atom. The quantitative estimate of drug-likeness (QED) is 0.770. The van der Waals surface area contributed by atoms with Crippen molar-refractivity contribution in [3.63, 3.8) is 0 Å². The Bertz CT molecular complexity index is 464. The molecule has 1 heterocycles. The Balaban J connectivity index is 0.000000295. The Hall–Kier alpha value is -1.01. The first-order valence-corrected chi connectivity index (χ1v) is 8.07. The fourth-order valence-corrected chi connectivity index (χ4v) is 2.25. The Kier molecular flexibility index (Phi) is 9.24. The van der Waals surface area contributed by atoms with Crippen molar-refractivity contribution >= 4 is 29.2 Å². The van der Waals surface area contributed by atoms with Crippen LogP contribution in [0.2, 0.25) is 10.0 Å². The maximum atomic E-state index is 10.2. The van der Waals surface area contributed by atoms with Crippen molar-refractivity contribution < 1.29 is 9.53 Å². The highest BCUT2D eigenvalue weighted by Crippen LogP contribution is 2.28. The van der Waals surface area contributed by atoms with E-state index in [0.29, 0.717) is 16.6 Å². The summed E-state index contributed by atoms with van der Waals surface area (Å²) in [6.45, 7) is 5.18. The van der Waals surface area contributed by atoms with Gasteiger partial charge in [0, 0.05) is 20.1 Å². The largest absolute Gasteiger partial charge is 0.372 e. The van der Waals surface area contributed by atoms with E-state index in [9.17, 15) is 4.79 Å². The number of urea groups is 1. The lowest BCUT2D eigenvalue weighted by Gasteiger charge is -2.15. The van der Waals surface area contributed by atoms with Crippen molar-refractivity contribution in [1.29, 1.82) is 0 Å². The van der Waals surface area contributed by atoms with E-state index in [2.05, 4.69) is 16.0 Å². The molecule has 0 aromatic heterocycles. The van der Waals surface area contributed by atoms with E-state index in [0.717, 1.165) is 31.7 Å². The van der Waals surface area contributed by atoms with E-state index < -0.39 is 0 Å². The smallest absolute Gasteiger partial charge is 0.314 e. The van der Waals surface area contributed by atoms with Gasteiger partial charge in [0.15, 0.2) is 0 Å². The van der Waals surface area contributed by atoms with Gasteiger partial charge in [0.25, 0.3) is 0 Å². The summed E-state index contributed by atoms with van der Waals surface area (Å²) in [5.41, 5.74) is 1.10. The minimum atomic E-state index is -0.123. The molecular weight excluding hydrogens is 325 g/mol. The molecule has 1 saturated heterocycles. The van der Waals surface area contributed by atoms with Crippen LogP contribution in [0.5, 0.6) is 0 Å². The predicted molar refractivity (Wildman–Crippen MR) is 90.8 cm³/mol. The molecule has 1 aliphatic heterocycles. The molecule has 124 valence electrons. The van der Waals surface area contributed by atoms with E-state index in [-0.39, 0.29) is 12.1 Å². The summed E-state index contributed by atoms with van der Waals surface area (Å²) < 4.78 is 5.72. The standard InChI is InChI=1S/C11H13Cl2NO.C4H10N2O/c12-9-2-1-8(7-10(9)13)11-3-4-14-5-6-15-11;1-3-6-4(7)5-2/h1-2,7,11,14H,3-6H2;3H2,1-2H3,(H2,5,6,7). The van der Waals surface area contributed by atoms with Crippen LogP contribution in [0.1, 0.15) is 25.0 Å². The van der Waals surface area contributed by atoms with E-state index in [1.807, 2.05) is 25.1 Å². The molecular formula is C15H23Cl2N3O2. The van der Waals surface area contributed by atoms with Gasteiger partial charge < -0.3 is 20.7 Å². The number of amides is 2. The van der Waals surface area contributed by atoms with Crippen molar-refractivity contribution in [3.8, 4) is 0 Å². The first-order valence-electron chi connectivity index (χ1n) is 7.31. The fourth-order valence-electron chi connectivity index (χ4n) is 1.94. The van der Waals surface area contributed by atoms with E-state index in [4.69, 9.17) is 27.9 Å². The number of carbonyl (C=O) groups excluding carboxylic acids is 1. The van der Waals surface area contributed by atoms with Gasteiger partial charge in [-0.15, -0.1) is 0 Å². The molecule has 0 radical (unpaired) electrons. The highest BCUT2D eigenvalue weighted by Gasteiger charge is 2.15. The number of hydrogen-bond acceptors (Lipinski definition) is 3. The van der Waals surface area contributed by atoms with Crippen LogP contribution in [0.15, 0.2) is 18.2 Å². The van der Waals surface area contributed by atoms with Crippen LogP contribution in [0.3, 0.4) is 0 Å². The van der Waals surface area contributed by atoms with Crippen molar-refractivity contribution in [2.24, 2.45) is 0 Å². The van der Waals surface area contributed by atoms with Crippen LogP contribution in [0.4, 0.5) is 4.79 Å². The zero-order valence-electron chi connectivity index (χ0n) is 12.9. The maximum absolute atomic E-state index is 10.2. The number of rotatable bonds is 2. The first-order chi connectivity index (χ1) is 10.6. The first kappa shape index (κ1) is 19.0. The molecule has 1 fully saturated rings. The van der Waals surface area contributed by atoms with Crippen LogP contribution in [-0.4, -0.2) is 39.3 Å². The van der Waals surface area contributed by atoms with Gasteiger partial charge in [-0.1, -0.05) is 29.3 Å². The zero-order valence-corrected chi connectivity index (χ0v) is 14.4. The minimum Gasteiger partial charge on any atom is -0.372 e. The number of hydrogen-bond donors (Lipinski definition) is 3. The Labute approximate surface area is 141 Å². The lowest BCUT2D eigenvalue weighted by Crippen LogP contribution is -2.32. The molecule has 0 spiro atoms. The van der Waals surface area contributed by atoms with Gasteiger partial charge >= 0.3 is 6.03 Å². The summed E-state index contributed by atoms with van der Waals surface area (Å²) in [5.74, 6) is 0. The molecule has 7 heteroatoms. The summed E-state index contributed by atoms with van der Waals surface area (Å²) in [6, 6.07) is 5.56. The molecule has 1 aromatic rings. The highest BCUT2D eigenvalue weighted by atomic mass is 35.5. The van der Waals surface area contributed by atoms with Crippen molar-refractivity contribution in [2.75, 3.05) is 33.3 Å². The van der Waals surface area contributed by atoms with E-state index >= 15 is 0 Å². The minimum absolute atomic E-state index is 0.123. The van der Waals surface area contributed by atoms with Gasteiger partial charge in [-0.2, -0.15) is 0 Å². The maximum Gasteiger partial charge on any atom is 0.314 e. The summed E-state index contributed by atoms with van der Waals surface area (Å²) in [6.07, 6.45) is 1.10. The molecule has 0 bridgehead atoms. The second kappa shape index (κ2) is 10.7. The molecule has 1 unspecified atom stereocenters. The van der Waals surface area contributed by atoms with Crippen LogP contribution in [0, 0.1) is 0 Å². The van der Waals surface area contributed by atoms with Crippen LogP contribution in [-0.2, 0) is 4.74 Å². The lowest BCUT2D eigenvalue weighted by molar-refractivity contribution is 0.0644. The van der Waals surface area contributed by atoms with Gasteiger partial charge in [0.1, 0.15) is 0 Å². The number of benzene rings is 1. The molecule has 2 rings (SSSR count). The molecule has 1 atom stereocenters. The average Bonchev–Trinajstić information content (AvgIpc) is 2.80. The molecule has 3 N–H and O–H groups in total. The SMILES string of the molecule is CCNC(=O)NC.Clc1ccc(C2CCNCCO2)cc1Cl.